The number of nitrogens with one attached hydrogen (secondary N) is 1. The fourth-order valence-corrected chi connectivity index (χ4v) is 3.98. The molecule has 1 aromatic heterocycles. The molecule has 4 heteroatoms. The largest absolute Gasteiger partial charge is 0.481 e. The van der Waals surface area contributed by atoms with Crippen LogP contribution in [0.25, 0.3) is 21.2 Å². The highest BCUT2D eigenvalue weighted by molar-refractivity contribution is 7.19. The van der Waals surface area contributed by atoms with Crippen LogP contribution in [-0.2, 0) is 11.3 Å². The predicted octanol–water partition coefficient (Wildman–Crippen LogP) is 4.83. The Bertz CT molecular complexity index is 854. The normalized spacial score (nSPS) is 11.0. The average molecular weight is 339 g/mol. The van der Waals surface area contributed by atoms with E-state index in [4.69, 9.17) is 5.11 Å². The van der Waals surface area contributed by atoms with Crippen molar-refractivity contribution in [2.75, 3.05) is 6.54 Å². The number of rotatable bonds is 7. The van der Waals surface area contributed by atoms with Crippen LogP contribution < -0.4 is 5.32 Å². The van der Waals surface area contributed by atoms with Crippen molar-refractivity contribution in [3.8, 4) is 11.1 Å². The molecule has 0 aliphatic rings. The van der Waals surface area contributed by atoms with E-state index >= 15 is 0 Å². The van der Waals surface area contributed by atoms with Crippen LogP contribution in [0.2, 0.25) is 0 Å². The van der Waals surface area contributed by atoms with Gasteiger partial charge in [0.05, 0.1) is 0 Å². The molecule has 0 radical (unpaired) electrons. The van der Waals surface area contributed by atoms with Gasteiger partial charge in [0, 0.05) is 22.5 Å². The van der Waals surface area contributed by atoms with Gasteiger partial charge >= 0.3 is 5.97 Å². The Labute approximate surface area is 146 Å². The van der Waals surface area contributed by atoms with E-state index in [0.717, 1.165) is 13.1 Å². The van der Waals surface area contributed by atoms with E-state index in [-0.39, 0.29) is 6.42 Å². The summed E-state index contributed by atoms with van der Waals surface area (Å²) in [4.78, 5) is 11.8. The summed E-state index contributed by atoms with van der Waals surface area (Å²) in [5.74, 6) is -0.735. The van der Waals surface area contributed by atoms with Crippen molar-refractivity contribution in [3.63, 3.8) is 0 Å². The van der Waals surface area contributed by atoms with Gasteiger partial charge in [-0.15, -0.1) is 11.3 Å². The third kappa shape index (κ3) is 4.02. The second kappa shape index (κ2) is 7.60. The molecular formula is C20H21NO2S. The molecule has 0 amide bonds. The SMILES string of the molecule is Cc1cccc(-c2cccc3cc(CNCCCC(=O)O)sc23)c1. The molecule has 0 fully saturated rings. The monoisotopic (exact) mass is 339 g/mol. The molecule has 3 nitrogen and oxygen atoms in total. The van der Waals surface area contributed by atoms with Crippen LogP contribution in [0.15, 0.2) is 48.5 Å². The van der Waals surface area contributed by atoms with Crippen LogP contribution in [0.1, 0.15) is 23.3 Å². The van der Waals surface area contributed by atoms with Crippen LogP contribution in [-0.4, -0.2) is 17.6 Å². The Kier molecular flexibility index (Phi) is 5.28. The zero-order valence-electron chi connectivity index (χ0n) is 13.7. The minimum atomic E-state index is -0.735. The van der Waals surface area contributed by atoms with E-state index in [1.165, 1.54) is 31.7 Å². The van der Waals surface area contributed by atoms with E-state index < -0.39 is 5.97 Å². The summed E-state index contributed by atoms with van der Waals surface area (Å²) in [5.41, 5.74) is 3.79. The maximum Gasteiger partial charge on any atom is 0.303 e. The molecule has 2 aromatic carbocycles. The summed E-state index contributed by atoms with van der Waals surface area (Å²) in [7, 11) is 0. The average Bonchev–Trinajstić information content (AvgIpc) is 2.97. The molecule has 0 saturated carbocycles. The maximum absolute atomic E-state index is 10.5. The minimum Gasteiger partial charge on any atom is -0.481 e. The number of fused-ring (bicyclic) bond motifs is 1. The van der Waals surface area contributed by atoms with Crippen molar-refractivity contribution in [2.24, 2.45) is 0 Å². The van der Waals surface area contributed by atoms with Gasteiger partial charge in [-0.1, -0.05) is 48.0 Å². The summed E-state index contributed by atoms with van der Waals surface area (Å²) < 4.78 is 1.31. The number of aliphatic carboxylic acids is 1. The summed E-state index contributed by atoms with van der Waals surface area (Å²) in [5, 5.41) is 13.3. The Hall–Kier alpha value is -2.17. The third-order valence-corrected chi connectivity index (χ3v) is 5.15. The maximum atomic E-state index is 10.5. The van der Waals surface area contributed by atoms with E-state index in [9.17, 15) is 4.79 Å². The first-order valence-corrected chi connectivity index (χ1v) is 8.96. The smallest absolute Gasteiger partial charge is 0.303 e. The van der Waals surface area contributed by atoms with Gasteiger partial charge in [0.25, 0.3) is 0 Å². The first-order valence-electron chi connectivity index (χ1n) is 8.14. The molecule has 0 saturated heterocycles. The van der Waals surface area contributed by atoms with Crippen molar-refractivity contribution in [1.29, 1.82) is 0 Å². The molecule has 124 valence electrons. The van der Waals surface area contributed by atoms with Crippen molar-refractivity contribution in [1.82, 2.24) is 5.32 Å². The van der Waals surface area contributed by atoms with Crippen molar-refractivity contribution >= 4 is 27.4 Å². The number of carbonyl (C=O) groups is 1. The summed E-state index contributed by atoms with van der Waals surface area (Å²) >= 11 is 1.81. The van der Waals surface area contributed by atoms with Crippen LogP contribution >= 0.6 is 11.3 Å². The lowest BCUT2D eigenvalue weighted by Crippen LogP contribution is -2.14. The Morgan fingerprint density at radius 1 is 1.17 bits per heavy atom. The molecule has 0 spiro atoms. The van der Waals surface area contributed by atoms with Gasteiger partial charge < -0.3 is 10.4 Å². The third-order valence-electron chi connectivity index (χ3n) is 3.97. The molecule has 2 N–H and O–H groups in total. The van der Waals surface area contributed by atoms with E-state index in [0.29, 0.717) is 6.42 Å². The molecule has 0 aliphatic heterocycles. The van der Waals surface area contributed by atoms with Crippen LogP contribution in [0.4, 0.5) is 0 Å². The standard InChI is InChI=1S/C20H21NO2S/c1-14-5-2-6-15(11-14)18-8-3-7-16-12-17(24-20(16)18)13-21-10-4-9-19(22)23/h2-3,5-8,11-12,21H,4,9-10,13H2,1H3,(H,22,23). The van der Waals surface area contributed by atoms with Gasteiger partial charge in [0.2, 0.25) is 0 Å². The number of carboxylic acids is 1. The zero-order valence-corrected chi connectivity index (χ0v) is 14.5. The number of thiophene rings is 1. The molecule has 0 bridgehead atoms. The number of hydrogen-bond acceptors (Lipinski definition) is 3. The Morgan fingerprint density at radius 2 is 2.00 bits per heavy atom. The highest BCUT2D eigenvalue weighted by atomic mass is 32.1. The van der Waals surface area contributed by atoms with Crippen LogP contribution in [0.3, 0.4) is 0 Å². The highest BCUT2D eigenvalue weighted by Gasteiger charge is 2.08. The fraction of sp³-hybridized carbons (Fsp3) is 0.250. The lowest BCUT2D eigenvalue weighted by Gasteiger charge is -2.04. The Morgan fingerprint density at radius 3 is 2.79 bits per heavy atom. The number of benzene rings is 2. The first kappa shape index (κ1) is 16.7. The second-order valence-corrected chi connectivity index (χ2v) is 7.12. The molecular weight excluding hydrogens is 318 g/mol. The lowest BCUT2D eigenvalue weighted by atomic mass is 10.0. The fourth-order valence-electron chi connectivity index (χ4n) is 2.82. The van der Waals surface area contributed by atoms with Crippen molar-refractivity contribution < 1.29 is 9.90 Å². The van der Waals surface area contributed by atoms with Gasteiger partial charge in [-0.3, -0.25) is 4.79 Å². The number of carboxylic acid groups (broad SMARTS) is 1. The summed E-state index contributed by atoms with van der Waals surface area (Å²) in [6, 6.07) is 17.3. The number of hydrogen-bond donors (Lipinski definition) is 2. The van der Waals surface area contributed by atoms with Gasteiger partial charge in [0.15, 0.2) is 0 Å². The van der Waals surface area contributed by atoms with E-state index in [2.05, 4.69) is 60.8 Å². The molecule has 1 heterocycles. The topological polar surface area (TPSA) is 49.3 Å². The Balaban J connectivity index is 1.76. The highest BCUT2D eigenvalue weighted by Crippen LogP contribution is 2.35. The van der Waals surface area contributed by atoms with Gasteiger partial charge in [-0.05, 0) is 42.5 Å². The predicted molar refractivity (Wildman–Crippen MR) is 101 cm³/mol. The summed E-state index contributed by atoms with van der Waals surface area (Å²) in [6.45, 7) is 3.63. The van der Waals surface area contributed by atoms with Gasteiger partial charge in [-0.25, -0.2) is 0 Å². The van der Waals surface area contributed by atoms with Gasteiger partial charge in [0.1, 0.15) is 0 Å². The molecule has 0 unspecified atom stereocenters. The molecule has 3 aromatic rings. The van der Waals surface area contributed by atoms with Crippen molar-refractivity contribution in [2.45, 2.75) is 26.3 Å². The quantitative estimate of drug-likeness (QED) is 0.606. The van der Waals surface area contributed by atoms with E-state index in [1.807, 2.05) is 11.3 Å². The number of aryl methyl sites for hydroxylation is 1. The second-order valence-electron chi connectivity index (χ2n) is 5.98. The molecule has 0 aliphatic carbocycles. The van der Waals surface area contributed by atoms with Gasteiger partial charge in [-0.2, -0.15) is 0 Å². The zero-order chi connectivity index (χ0) is 16.9. The molecule has 24 heavy (non-hydrogen) atoms. The van der Waals surface area contributed by atoms with Crippen LogP contribution in [0, 0.1) is 6.92 Å². The summed E-state index contributed by atoms with van der Waals surface area (Å²) in [6.07, 6.45) is 0.881. The van der Waals surface area contributed by atoms with Crippen LogP contribution in [0.5, 0.6) is 0 Å². The lowest BCUT2D eigenvalue weighted by molar-refractivity contribution is -0.137. The first-order chi connectivity index (χ1) is 11.6. The molecule has 0 atom stereocenters. The minimum absolute atomic E-state index is 0.219. The van der Waals surface area contributed by atoms with Crippen molar-refractivity contribution in [3.05, 3.63) is 59.0 Å². The van der Waals surface area contributed by atoms with E-state index in [1.54, 1.807) is 0 Å². The molecule has 3 rings (SSSR count).